The van der Waals surface area contributed by atoms with Crippen LogP contribution < -0.4 is 20.1 Å². The highest BCUT2D eigenvalue weighted by Gasteiger charge is 2.35. The maximum absolute atomic E-state index is 12.5. The molecule has 0 fully saturated rings. The molecule has 1 atom stereocenters. The van der Waals surface area contributed by atoms with E-state index in [4.69, 9.17) is 15.2 Å². The molecule has 0 spiro atoms. The molecule has 0 aromatic heterocycles. The Balaban J connectivity index is 0.00000341. The van der Waals surface area contributed by atoms with Crippen molar-refractivity contribution in [1.29, 1.82) is 0 Å². The number of nitrogens with two attached hydrogens (primary N) is 1. The number of likely N-dealkylation sites (N-methyl/N-ethyl adjacent to an activating group) is 1. The van der Waals surface area contributed by atoms with Gasteiger partial charge in [0.25, 0.3) is 0 Å². The number of rotatable bonds is 9. The summed E-state index contributed by atoms with van der Waals surface area (Å²) < 4.78 is 11.5. The van der Waals surface area contributed by atoms with E-state index in [9.17, 15) is 9.59 Å². The third-order valence-corrected chi connectivity index (χ3v) is 6.07. The van der Waals surface area contributed by atoms with E-state index in [1.54, 1.807) is 30.7 Å². The Bertz CT molecular complexity index is 927. The van der Waals surface area contributed by atoms with Crippen LogP contribution in [0.25, 0.3) is 0 Å². The number of para-hydroxylation sites is 1. The quantitative estimate of drug-likeness (QED) is 0.571. The molecule has 31 heavy (non-hydrogen) atoms. The Hall–Kier alpha value is -2.42. The van der Waals surface area contributed by atoms with Gasteiger partial charge in [-0.2, -0.15) is 0 Å². The first-order valence-electron chi connectivity index (χ1n) is 9.73. The molecule has 0 bridgehead atoms. The number of nitrogens with zero attached hydrogens (tertiary/aromatic N) is 2. The highest BCUT2D eigenvalue weighted by molar-refractivity contribution is 8.00. The van der Waals surface area contributed by atoms with Crippen LogP contribution in [-0.2, 0) is 9.59 Å². The van der Waals surface area contributed by atoms with Crippen molar-refractivity contribution in [2.24, 2.45) is 5.73 Å². The second-order valence-corrected chi connectivity index (χ2v) is 8.26. The van der Waals surface area contributed by atoms with Crippen LogP contribution in [0.15, 0.2) is 47.4 Å². The predicted molar refractivity (Wildman–Crippen MR) is 125 cm³/mol. The average molecular weight is 466 g/mol. The monoisotopic (exact) mass is 465 g/mol. The molecule has 2 amide bonds. The van der Waals surface area contributed by atoms with Crippen LogP contribution in [0, 0.1) is 0 Å². The number of hydrogen-bond acceptors (Lipinski definition) is 6. The van der Waals surface area contributed by atoms with Gasteiger partial charge >= 0.3 is 0 Å². The van der Waals surface area contributed by atoms with Crippen molar-refractivity contribution in [3.8, 4) is 11.5 Å². The molecule has 0 radical (unpaired) electrons. The Morgan fingerprint density at radius 1 is 1.23 bits per heavy atom. The van der Waals surface area contributed by atoms with Gasteiger partial charge in [-0.15, -0.1) is 12.4 Å². The molecule has 168 valence electrons. The maximum atomic E-state index is 12.5. The first-order valence-corrected chi connectivity index (χ1v) is 10.6. The van der Waals surface area contributed by atoms with Gasteiger partial charge in [0.1, 0.15) is 16.9 Å². The van der Waals surface area contributed by atoms with Crippen molar-refractivity contribution in [2.45, 2.75) is 23.6 Å². The van der Waals surface area contributed by atoms with E-state index in [0.29, 0.717) is 24.7 Å². The van der Waals surface area contributed by atoms with E-state index >= 15 is 0 Å². The van der Waals surface area contributed by atoms with Crippen LogP contribution >= 0.6 is 24.2 Å². The van der Waals surface area contributed by atoms with Crippen LogP contribution in [-0.4, -0.2) is 50.6 Å². The fourth-order valence-corrected chi connectivity index (χ4v) is 4.80. The highest BCUT2D eigenvalue weighted by Crippen LogP contribution is 2.53. The molecule has 3 rings (SSSR count). The van der Waals surface area contributed by atoms with Crippen molar-refractivity contribution in [3.05, 3.63) is 48.0 Å². The summed E-state index contributed by atoms with van der Waals surface area (Å²) >= 11 is 1.62. The Labute approximate surface area is 193 Å². The minimum atomic E-state index is -0.349. The number of anilines is 1. The van der Waals surface area contributed by atoms with Gasteiger partial charge in [0.05, 0.1) is 25.9 Å². The molecule has 1 heterocycles. The summed E-state index contributed by atoms with van der Waals surface area (Å²) in [6.45, 7) is 2.97. The third-order valence-electron chi connectivity index (χ3n) is 4.79. The summed E-state index contributed by atoms with van der Waals surface area (Å²) in [5, 5.41) is -0.234. The number of amides is 2. The van der Waals surface area contributed by atoms with Gasteiger partial charge < -0.3 is 15.2 Å². The number of ether oxygens (including phenoxy) is 2. The lowest BCUT2D eigenvalue weighted by Crippen LogP contribution is -2.32. The minimum absolute atomic E-state index is 0. The van der Waals surface area contributed by atoms with Gasteiger partial charge in [0, 0.05) is 23.9 Å². The number of primary amides is 1. The van der Waals surface area contributed by atoms with Gasteiger partial charge in [0.2, 0.25) is 11.8 Å². The Kier molecular flexibility index (Phi) is 9.03. The molecule has 9 heteroatoms. The molecular formula is C22H28ClN3O4S. The predicted octanol–water partition coefficient (Wildman–Crippen LogP) is 3.46. The van der Waals surface area contributed by atoms with Crippen molar-refractivity contribution < 1.29 is 19.1 Å². The van der Waals surface area contributed by atoms with E-state index in [1.807, 2.05) is 54.4 Å². The number of benzene rings is 2. The third kappa shape index (κ3) is 6.06. The van der Waals surface area contributed by atoms with Gasteiger partial charge in [-0.05, 0) is 43.8 Å². The number of hydrogen-bond donors (Lipinski definition) is 1. The normalized spacial score (nSPS) is 14.7. The summed E-state index contributed by atoms with van der Waals surface area (Å²) in [4.78, 5) is 28.2. The molecule has 0 saturated heterocycles. The first-order chi connectivity index (χ1) is 14.4. The van der Waals surface area contributed by atoms with E-state index in [-0.39, 0.29) is 36.1 Å². The van der Waals surface area contributed by atoms with E-state index in [2.05, 4.69) is 0 Å². The zero-order valence-electron chi connectivity index (χ0n) is 17.9. The molecule has 2 aromatic carbocycles. The van der Waals surface area contributed by atoms with Gasteiger partial charge in [0.15, 0.2) is 0 Å². The SMILES string of the molecule is COc1ccc(OCCCN(C)CC(N)=O)c(C2Sc3ccccc3N2C(C)=O)c1.Cl. The van der Waals surface area contributed by atoms with Crippen LogP contribution in [0.3, 0.4) is 0 Å². The smallest absolute Gasteiger partial charge is 0.231 e. The second kappa shape index (κ2) is 11.3. The molecule has 1 aliphatic heterocycles. The van der Waals surface area contributed by atoms with Crippen LogP contribution in [0.2, 0.25) is 0 Å². The van der Waals surface area contributed by atoms with Crippen molar-refractivity contribution in [1.82, 2.24) is 4.90 Å². The number of carbonyl (C=O) groups excluding carboxylic acids is 2. The summed E-state index contributed by atoms with van der Waals surface area (Å²) in [5.41, 5.74) is 7.01. The second-order valence-electron chi connectivity index (χ2n) is 7.14. The lowest BCUT2D eigenvalue weighted by atomic mass is 10.1. The summed E-state index contributed by atoms with van der Waals surface area (Å²) in [5.74, 6) is 1.04. The van der Waals surface area contributed by atoms with Crippen molar-refractivity contribution in [2.75, 3.05) is 38.8 Å². The first kappa shape index (κ1) is 24.8. The zero-order valence-corrected chi connectivity index (χ0v) is 19.5. The van der Waals surface area contributed by atoms with Crippen LogP contribution in [0.4, 0.5) is 5.69 Å². The molecular weight excluding hydrogens is 438 g/mol. The molecule has 1 unspecified atom stereocenters. The van der Waals surface area contributed by atoms with Crippen LogP contribution in [0.5, 0.6) is 11.5 Å². The molecule has 2 N–H and O–H groups in total. The minimum Gasteiger partial charge on any atom is -0.497 e. The van der Waals surface area contributed by atoms with Crippen molar-refractivity contribution >= 4 is 41.7 Å². The standard InChI is InChI=1S/C22H27N3O4S.ClH/c1-15(26)25-18-7-4-5-8-20(18)30-22(25)17-13-16(28-3)9-10-19(17)29-12-6-11-24(2)14-21(23)27;/h4-5,7-10,13,22H,6,11-12,14H2,1-3H3,(H2,23,27);1H. The summed E-state index contributed by atoms with van der Waals surface area (Å²) in [6, 6.07) is 13.5. The van der Waals surface area contributed by atoms with E-state index in [1.165, 1.54) is 0 Å². The number of halogens is 1. The van der Waals surface area contributed by atoms with Gasteiger partial charge in [-0.25, -0.2) is 0 Å². The van der Waals surface area contributed by atoms with Crippen molar-refractivity contribution in [3.63, 3.8) is 0 Å². The van der Waals surface area contributed by atoms with Gasteiger partial charge in [-0.3, -0.25) is 19.4 Å². The lowest BCUT2D eigenvalue weighted by Gasteiger charge is -2.25. The van der Waals surface area contributed by atoms with E-state index in [0.717, 1.165) is 22.6 Å². The molecule has 0 saturated carbocycles. The Morgan fingerprint density at radius 3 is 2.65 bits per heavy atom. The molecule has 1 aliphatic rings. The number of fused-ring (bicyclic) bond motifs is 1. The number of methoxy groups -OCH3 is 1. The summed E-state index contributed by atoms with van der Waals surface area (Å²) in [6.07, 6.45) is 0.740. The topological polar surface area (TPSA) is 85.1 Å². The maximum Gasteiger partial charge on any atom is 0.231 e. The fourth-order valence-electron chi connectivity index (χ4n) is 3.43. The van der Waals surface area contributed by atoms with Crippen LogP contribution in [0.1, 0.15) is 24.3 Å². The van der Waals surface area contributed by atoms with Gasteiger partial charge in [-0.1, -0.05) is 23.9 Å². The fraction of sp³-hybridized carbons (Fsp3) is 0.364. The average Bonchev–Trinajstić information content (AvgIpc) is 3.10. The van der Waals surface area contributed by atoms with E-state index < -0.39 is 0 Å². The Morgan fingerprint density at radius 2 is 1.97 bits per heavy atom. The zero-order chi connectivity index (χ0) is 21.7. The lowest BCUT2D eigenvalue weighted by molar-refractivity contribution is -0.119. The molecule has 7 nitrogen and oxygen atoms in total. The number of thioether (sulfide) groups is 1. The highest BCUT2D eigenvalue weighted by atomic mass is 35.5. The number of carbonyl (C=O) groups is 2. The molecule has 2 aromatic rings. The largest absolute Gasteiger partial charge is 0.497 e. The summed E-state index contributed by atoms with van der Waals surface area (Å²) in [7, 11) is 3.47. The molecule has 0 aliphatic carbocycles.